The molecule has 4 aromatic carbocycles. The van der Waals surface area contributed by atoms with Gasteiger partial charge in [0, 0.05) is 6.42 Å². The van der Waals surface area contributed by atoms with E-state index < -0.39 is 35.6 Å². The summed E-state index contributed by atoms with van der Waals surface area (Å²) in [6.07, 6.45) is -0.626. The lowest BCUT2D eigenvalue weighted by atomic mass is 9.80. The highest BCUT2D eigenvalue weighted by molar-refractivity contribution is 5.72. The van der Waals surface area contributed by atoms with Crippen LogP contribution in [-0.2, 0) is 24.6 Å². The molecule has 266 valence electrons. The summed E-state index contributed by atoms with van der Waals surface area (Å²) >= 11 is 0. The number of imidazole rings is 1. The van der Waals surface area contributed by atoms with Crippen molar-refractivity contribution >= 4 is 23.1 Å². The van der Waals surface area contributed by atoms with Crippen LogP contribution < -0.4 is 25.5 Å². The third-order valence-corrected chi connectivity index (χ3v) is 8.96. The van der Waals surface area contributed by atoms with Crippen LogP contribution >= 0.6 is 0 Å². The van der Waals surface area contributed by atoms with Crippen molar-refractivity contribution in [2.45, 2.75) is 30.5 Å². The molecule has 0 unspecified atom stereocenters. The van der Waals surface area contributed by atoms with E-state index in [-0.39, 0.29) is 36.7 Å². The molecule has 2 aromatic heterocycles. The molecule has 3 heterocycles. The summed E-state index contributed by atoms with van der Waals surface area (Å²) in [5, 5.41) is 0. The molecule has 13 nitrogen and oxygen atoms in total. The molecule has 52 heavy (non-hydrogen) atoms. The van der Waals surface area contributed by atoms with Gasteiger partial charge in [-0.05, 0) is 53.1 Å². The number of carbonyl (C=O) groups excluding carboxylic acids is 1. The number of nitrogens with two attached hydrogens (primary N) is 1. The number of esters is 1. The molecule has 0 amide bonds. The number of aromatic amines is 1. The highest BCUT2D eigenvalue weighted by atomic mass is 16.6. The van der Waals surface area contributed by atoms with E-state index in [0.717, 1.165) is 16.7 Å². The van der Waals surface area contributed by atoms with Crippen LogP contribution in [0.4, 0.5) is 5.95 Å². The lowest BCUT2D eigenvalue weighted by Gasteiger charge is -2.37. The van der Waals surface area contributed by atoms with Crippen molar-refractivity contribution in [1.82, 2.24) is 19.5 Å². The highest BCUT2D eigenvalue weighted by Crippen LogP contribution is 2.43. The summed E-state index contributed by atoms with van der Waals surface area (Å²) in [5.41, 5.74) is 7.08. The highest BCUT2D eigenvalue weighted by Gasteiger charge is 2.44. The second-order valence-corrected chi connectivity index (χ2v) is 12.1. The van der Waals surface area contributed by atoms with Gasteiger partial charge in [0.15, 0.2) is 17.8 Å². The summed E-state index contributed by atoms with van der Waals surface area (Å²) in [5.74, 6) is 1.26. The van der Waals surface area contributed by atoms with E-state index in [4.69, 9.17) is 34.2 Å². The zero-order chi connectivity index (χ0) is 36.1. The van der Waals surface area contributed by atoms with E-state index in [9.17, 15) is 9.59 Å². The Labute approximate surface area is 298 Å². The number of carbonyl (C=O) groups is 1. The first kappa shape index (κ1) is 34.3. The molecule has 13 heteroatoms. The molecule has 1 aliphatic rings. The molecule has 6 aromatic rings. The first-order chi connectivity index (χ1) is 25.4. The normalized spacial score (nSPS) is 17.2. The van der Waals surface area contributed by atoms with Crippen molar-refractivity contribution in [3.8, 4) is 17.2 Å². The fourth-order valence-electron chi connectivity index (χ4n) is 6.44. The number of para-hydroxylation sites is 1. The standard InChI is InChI=1S/C39H37N5O8/c1-47-28-17-13-26(14-18-28)39(25-9-5-3-6-10-25,27-15-19-29(48-2)20-16-27)50-22-32-31(52-34(45)23-49-30-11-7-4-8-12-30)21-33(51-32)44-24-41-35-36(44)42-38(40)43-37(35)46/h3-20,24,31-33H,21-23H2,1-2H3,(H3,40,42,43,46)/t31-,32+,33+/m0/s1. The van der Waals surface area contributed by atoms with Crippen molar-refractivity contribution in [2.75, 3.05) is 33.2 Å². The number of hydrogen-bond acceptors (Lipinski definition) is 11. The van der Waals surface area contributed by atoms with Crippen LogP contribution in [0.2, 0.25) is 0 Å². The number of fused-ring (bicyclic) bond motifs is 1. The minimum Gasteiger partial charge on any atom is -0.497 e. The van der Waals surface area contributed by atoms with E-state index in [1.165, 1.54) is 6.33 Å². The summed E-state index contributed by atoms with van der Waals surface area (Å²) in [6.45, 7) is -0.338. The molecular formula is C39H37N5O8. The van der Waals surface area contributed by atoms with Crippen LogP contribution in [0, 0.1) is 0 Å². The molecule has 3 N–H and O–H groups in total. The quantitative estimate of drug-likeness (QED) is 0.123. The summed E-state index contributed by atoms with van der Waals surface area (Å²) < 4.78 is 38.0. The van der Waals surface area contributed by atoms with Crippen molar-refractivity contribution in [2.24, 2.45) is 0 Å². The molecule has 0 aliphatic carbocycles. The Balaban J connectivity index is 1.25. The van der Waals surface area contributed by atoms with Crippen molar-refractivity contribution in [3.05, 3.63) is 143 Å². The Morgan fingerprint density at radius 2 is 1.46 bits per heavy atom. The van der Waals surface area contributed by atoms with Gasteiger partial charge in [-0.1, -0.05) is 72.8 Å². The Morgan fingerprint density at radius 3 is 2.08 bits per heavy atom. The van der Waals surface area contributed by atoms with Crippen LogP contribution in [0.3, 0.4) is 0 Å². The largest absolute Gasteiger partial charge is 0.497 e. The number of aromatic nitrogens is 4. The van der Waals surface area contributed by atoms with Crippen LogP contribution in [0.1, 0.15) is 29.3 Å². The van der Waals surface area contributed by atoms with Crippen LogP contribution in [0.15, 0.2) is 120 Å². The zero-order valence-corrected chi connectivity index (χ0v) is 28.5. The molecular weight excluding hydrogens is 666 g/mol. The molecule has 1 saturated heterocycles. The second-order valence-electron chi connectivity index (χ2n) is 12.1. The maximum Gasteiger partial charge on any atom is 0.344 e. The number of nitrogens with one attached hydrogen (secondary N) is 1. The average molecular weight is 704 g/mol. The van der Waals surface area contributed by atoms with Crippen LogP contribution in [-0.4, -0.2) is 65.1 Å². The first-order valence-electron chi connectivity index (χ1n) is 16.6. The number of benzene rings is 4. The van der Waals surface area contributed by atoms with Crippen molar-refractivity contribution < 1.29 is 33.2 Å². The number of methoxy groups -OCH3 is 2. The molecule has 7 rings (SSSR count). The first-order valence-corrected chi connectivity index (χ1v) is 16.6. The lowest BCUT2D eigenvalue weighted by molar-refractivity contribution is -0.158. The Hall–Kier alpha value is -6.18. The van der Waals surface area contributed by atoms with Crippen molar-refractivity contribution in [3.63, 3.8) is 0 Å². The van der Waals surface area contributed by atoms with Gasteiger partial charge >= 0.3 is 5.97 Å². The SMILES string of the molecule is COc1ccc(C(OC[C@H]2O[C@@H](n3cnc4c(=O)[nH]c(N)nc43)C[C@@H]2OC(=O)COc2ccccc2)(c2ccccc2)c2ccc(OC)cc2)cc1. The maximum absolute atomic E-state index is 13.2. The Bertz CT molecular complexity index is 2130. The number of nitrogens with zero attached hydrogens (tertiary/aromatic N) is 3. The average Bonchev–Trinajstić information content (AvgIpc) is 3.79. The lowest BCUT2D eigenvalue weighted by Crippen LogP contribution is -2.39. The van der Waals surface area contributed by atoms with E-state index in [1.54, 1.807) is 30.9 Å². The monoisotopic (exact) mass is 703 g/mol. The topological polar surface area (TPSA) is 162 Å². The third kappa shape index (κ3) is 6.91. The van der Waals surface area contributed by atoms with E-state index >= 15 is 0 Å². The number of ether oxygens (including phenoxy) is 6. The van der Waals surface area contributed by atoms with Crippen LogP contribution in [0.5, 0.6) is 17.2 Å². The summed E-state index contributed by atoms with van der Waals surface area (Å²) in [6, 6.07) is 34.2. The van der Waals surface area contributed by atoms with Gasteiger partial charge in [0.05, 0.1) is 27.2 Å². The van der Waals surface area contributed by atoms with Gasteiger partial charge < -0.3 is 34.2 Å². The molecule has 1 fully saturated rings. The molecule has 1 aliphatic heterocycles. The maximum atomic E-state index is 13.2. The van der Waals surface area contributed by atoms with E-state index in [0.29, 0.717) is 17.2 Å². The Morgan fingerprint density at radius 1 is 0.865 bits per heavy atom. The molecule has 0 bridgehead atoms. The fourth-order valence-corrected chi connectivity index (χ4v) is 6.44. The van der Waals surface area contributed by atoms with Gasteiger partial charge in [0.2, 0.25) is 5.95 Å². The zero-order valence-electron chi connectivity index (χ0n) is 28.5. The summed E-state index contributed by atoms with van der Waals surface area (Å²) in [4.78, 5) is 36.8. The minimum absolute atomic E-state index is 0.0241. The number of H-pyrrole nitrogens is 1. The van der Waals surface area contributed by atoms with Gasteiger partial charge in [-0.2, -0.15) is 4.98 Å². The van der Waals surface area contributed by atoms with Gasteiger partial charge in [-0.15, -0.1) is 0 Å². The molecule has 0 saturated carbocycles. The smallest absolute Gasteiger partial charge is 0.344 e. The number of anilines is 1. The van der Waals surface area contributed by atoms with E-state index in [1.807, 2.05) is 97.1 Å². The predicted molar refractivity (Wildman–Crippen MR) is 191 cm³/mol. The number of hydrogen-bond donors (Lipinski definition) is 2. The van der Waals surface area contributed by atoms with Crippen molar-refractivity contribution in [1.29, 1.82) is 0 Å². The Kier molecular flexibility index (Phi) is 9.87. The number of rotatable bonds is 13. The van der Waals surface area contributed by atoms with Crippen LogP contribution in [0.25, 0.3) is 11.2 Å². The van der Waals surface area contributed by atoms with Gasteiger partial charge in [0.1, 0.15) is 41.3 Å². The second kappa shape index (κ2) is 15.0. The van der Waals surface area contributed by atoms with Gasteiger partial charge in [0.25, 0.3) is 5.56 Å². The fraction of sp³-hybridized carbons (Fsp3) is 0.231. The molecule has 0 radical (unpaired) electrons. The minimum atomic E-state index is -1.16. The number of nitrogen functional groups attached to an aromatic ring is 1. The molecule has 0 spiro atoms. The van der Waals surface area contributed by atoms with Gasteiger partial charge in [-0.3, -0.25) is 14.3 Å². The van der Waals surface area contributed by atoms with Gasteiger partial charge in [-0.25, -0.2) is 9.78 Å². The molecule has 3 atom stereocenters. The third-order valence-electron chi connectivity index (χ3n) is 8.96. The summed E-state index contributed by atoms with van der Waals surface area (Å²) in [7, 11) is 3.23. The van der Waals surface area contributed by atoms with E-state index in [2.05, 4.69) is 15.0 Å². The predicted octanol–water partition coefficient (Wildman–Crippen LogP) is 5.01.